The second-order valence-corrected chi connectivity index (χ2v) is 8.85. The van der Waals surface area contributed by atoms with Gasteiger partial charge in [-0.3, -0.25) is 4.79 Å². The number of hydrazine groups is 1. The second kappa shape index (κ2) is 10.5. The third-order valence-electron chi connectivity index (χ3n) is 6.39. The molecule has 4 atom stereocenters. The van der Waals surface area contributed by atoms with Crippen molar-refractivity contribution in [1.82, 2.24) is 15.8 Å². The van der Waals surface area contributed by atoms with Crippen LogP contribution in [-0.4, -0.2) is 49.8 Å². The van der Waals surface area contributed by atoms with Crippen LogP contribution in [0.25, 0.3) is 0 Å². The normalized spacial score (nSPS) is 24.4. The highest BCUT2D eigenvalue weighted by Crippen LogP contribution is 2.47. The standard InChI is InChI=1S/C26H35N3O4/c1-5-32-20-12-10-18(11-13-20)25-22-23(19-8-6-9-21(16-19)31-4)27-28-24(22)26(30)29(25)14-7-15-33-17(2)3/h6,8-13,16-17,22-25,27-28H,5,7,14-15H2,1-4H3. The molecule has 4 unspecified atom stereocenters. The summed E-state index contributed by atoms with van der Waals surface area (Å²) in [7, 11) is 1.67. The van der Waals surface area contributed by atoms with Crippen LogP contribution in [0.15, 0.2) is 48.5 Å². The van der Waals surface area contributed by atoms with E-state index in [2.05, 4.69) is 29.1 Å². The van der Waals surface area contributed by atoms with Gasteiger partial charge in [0.05, 0.1) is 31.9 Å². The molecule has 0 radical (unpaired) electrons. The van der Waals surface area contributed by atoms with Crippen molar-refractivity contribution in [3.05, 3.63) is 59.7 Å². The number of hydrogen-bond acceptors (Lipinski definition) is 6. The van der Waals surface area contributed by atoms with Gasteiger partial charge < -0.3 is 19.1 Å². The van der Waals surface area contributed by atoms with E-state index in [9.17, 15) is 4.79 Å². The molecular formula is C26H35N3O4. The van der Waals surface area contributed by atoms with Crippen LogP contribution in [0.3, 0.4) is 0 Å². The minimum atomic E-state index is -0.288. The molecule has 0 saturated carbocycles. The summed E-state index contributed by atoms with van der Waals surface area (Å²) in [6.45, 7) is 7.95. The molecule has 0 aliphatic carbocycles. The van der Waals surface area contributed by atoms with Gasteiger partial charge in [-0.1, -0.05) is 24.3 Å². The van der Waals surface area contributed by atoms with E-state index in [1.807, 2.05) is 56.0 Å². The van der Waals surface area contributed by atoms with Gasteiger partial charge in [0.25, 0.3) is 0 Å². The third-order valence-corrected chi connectivity index (χ3v) is 6.39. The topological polar surface area (TPSA) is 72.1 Å². The molecule has 2 heterocycles. The number of fused-ring (bicyclic) bond motifs is 1. The first-order valence-electron chi connectivity index (χ1n) is 11.8. The lowest BCUT2D eigenvalue weighted by Crippen LogP contribution is -2.41. The SMILES string of the molecule is CCOc1ccc(C2C3C(NNC3c3cccc(OC)c3)C(=O)N2CCCOC(C)C)cc1. The Bertz CT molecular complexity index is 933. The van der Waals surface area contributed by atoms with Crippen molar-refractivity contribution in [3.63, 3.8) is 0 Å². The molecule has 7 heteroatoms. The maximum absolute atomic E-state index is 13.5. The molecule has 2 aromatic rings. The zero-order valence-corrected chi connectivity index (χ0v) is 19.9. The molecule has 2 N–H and O–H groups in total. The number of benzene rings is 2. The third kappa shape index (κ3) is 5.00. The summed E-state index contributed by atoms with van der Waals surface area (Å²) >= 11 is 0. The van der Waals surface area contributed by atoms with E-state index in [-0.39, 0.29) is 36.1 Å². The van der Waals surface area contributed by atoms with Crippen molar-refractivity contribution >= 4 is 5.91 Å². The molecule has 0 spiro atoms. The predicted molar refractivity (Wildman–Crippen MR) is 127 cm³/mol. The number of likely N-dealkylation sites (tertiary alicyclic amines) is 1. The van der Waals surface area contributed by atoms with Gasteiger partial charge in [-0.15, -0.1) is 0 Å². The van der Waals surface area contributed by atoms with Gasteiger partial charge in [-0.05, 0) is 62.6 Å². The van der Waals surface area contributed by atoms with Crippen molar-refractivity contribution in [2.24, 2.45) is 5.92 Å². The maximum atomic E-state index is 13.5. The van der Waals surface area contributed by atoms with Gasteiger partial charge in [0, 0.05) is 19.1 Å². The van der Waals surface area contributed by atoms with E-state index in [1.54, 1.807) is 7.11 Å². The summed E-state index contributed by atoms with van der Waals surface area (Å²) in [6, 6.07) is 15.8. The number of nitrogens with one attached hydrogen (secondary N) is 2. The zero-order valence-electron chi connectivity index (χ0n) is 19.9. The van der Waals surface area contributed by atoms with Gasteiger partial charge in [0.1, 0.15) is 17.5 Å². The molecule has 2 aliphatic rings. The Labute approximate surface area is 196 Å². The zero-order chi connectivity index (χ0) is 23.4. The monoisotopic (exact) mass is 453 g/mol. The lowest BCUT2D eigenvalue weighted by molar-refractivity contribution is -0.131. The Morgan fingerprint density at radius 3 is 2.45 bits per heavy atom. The largest absolute Gasteiger partial charge is 0.497 e. The number of hydrogen-bond donors (Lipinski definition) is 2. The number of amides is 1. The van der Waals surface area contributed by atoms with Crippen LogP contribution in [0.4, 0.5) is 0 Å². The molecule has 4 rings (SSSR count). The number of carbonyl (C=O) groups is 1. The van der Waals surface area contributed by atoms with Crippen LogP contribution in [0.2, 0.25) is 0 Å². The van der Waals surface area contributed by atoms with Crippen molar-refractivity contribution in [2.75, 3.05) is 26.9 Å². The number of ether oxygens (including phenoxy) is 3. The average Bonchev–Trinajstić information content (AvgIpc) is 3.36. The molecule has 178 valence electrons. The first-order chi connectivity index (χ1) is 16.0. The maximum Gasteiger partial charge on any atom is 0.242 e. The summed E-state index contributed by atoms with van der Waals surface area (Å²) in [5.41, 5.74) is 8.89. The number of methoxy groups -OCH3 is 1. The lowest BCUT2D eigenvalue weighted by Gasteiger charge is -2.31. The molecule has 1 amide bonds. The number of carbonyl (C=O) groups excluding carboxylic acids is 1. The van der Waals surface area contributed by atoms with Crippen LogP contribution in [0, 0.1) is 5.92 Å². The smallest absolute Gasteiger partial charge is 0.242 e. The average molecular weight is 454 g/mol. The van der Waals surface area contributed by atoms with Gasteiger partial charge in [-0.25, -0.2) is 10.9 Å². The minimum absolute atomic E-state index is 0.0254. The summed E-state index contributed by atoms with van der Waals surface area (Å²) in [6.07, 6.45) is 0.984. The molecule has 2 fully saturated rings. The van der Waals surface area contributed by atoms with Crippen LogP contribution in [0.1, 0.15) is 50.4 Å². The Morgan fingerprint density at radius 2 is 1.76 bits per heavy atom. The van der Waals surface area contributed by atoms with E-state index < -0.39 is 0 Å². The molecule has 7 nitrogen and oxygen atoms in total. The molecule has 0 bridgehead atoms. The van der Waals surface area contributed by atoms with Crippen LogP contribution < -0.4 is 20.3 Å². The number of rotatable bonds is 10. The fourth-order valence-electron chi connectivity index (χ4n) is 4.95. The molecule has 33 heavy (non-hydrogen) atoms. The van der Waals surface area contributed by atoms with E-state index in [0.717, 1.165) is 29.0 Å². The fourth-order valence-corrected chi connectivity index (χ4v) is 4.95. The van der Waals surface area contributed by atoms with Crippen molar-refractivity contribution in [3.8, 4) is 11.5 Å². The van der Waals surface area contributed by atoms with Gasteiger partial charge >= 0.3 is 0 Å². The molecule has 2 aliphatic heterocycles. The molecular weight excluding hydrogens is 418 g/mol. The van der Waals surface area contributed by atoms with Gasteiger partial charge in [-0.2, -0.15) is 0 Å². The molecule has 2 saturated heterocycles. The summed E-state index contributed by atoms with van der Waals surface area (Å²) in [4.78, 5) is 15.5. The minimum Gasteiger partial charge on any atom is -0.497 e. The Kier molecular flexibility index (Phi) is 7.53. The Balaban J connectivity index is 1.64. The quantitative estimate of drug-likeness (QED) is 0.536. The van der Waals surface area contributed by atoms with Crippen LogP contribution >= 0.6 is 0 Å². The molecule has 2 aromatic carbocycles. The van der Waals surface area contributed by atoms with E-state index in [1.165, 1.54) is 0 Å². The Hall–Kier alpha value is -2.61. The highest BCUT2D eigenvalue weighted by molar-refractivity contribution is 5.86. The highest BCUT2D eigenvalue weighted by atomic mass is 16.5. The summed E-state index contributed by atoms with van der Waals surface area (Å²) < 4.78 is 16.8. The van der Waals surface area contributed by atoms with Crippen molar-refractivity contribution in [1.29, 1.82) is 0 Å². The van der Waals surface area contributed by atoms with Crippen molar-refractivity contribution < 1.29 is 19.0 Å². The van der Waals surface area contributed by atoms with E-state index in [4.69, 9.17) is 14.2 Å². The second-order valence-electron chi connectivity index (χ2n) is 8.85. The van der Waals surface area contributed by atoms with E-state index in [0.29, 0.717) is 19.8 Å². The highest BCUT2D eigenvalue weighted by Gasteiger charge is 2.55. The van der Waals surface area contributed by atoms with Crippen LogP contribution in [-0.2, 0) is 9.53 Å². The first kappa shape index (κ1) is 23.5. The first-order valence-corrected chi connectivity index (χ1v) is 11.8. The lowest BCUT2D eigenvalue weighted by atomic mass is 9.83. The van der Waals surface area contributed by atoms with Gasteiger partial charge in [0.2, 0.25) is 5.91 Å². The molecule has 0 aromatic heterocycles. The summed E-state index contributed by atoms with van der Waals surface area (Å²) in [5.74, 6) is 1.81. The Morgan fingerprint density at radius 1 is 1.00 bits per heavy atom. The summed E-state index contributed by atoms with van der Waals surface area (Å²) in [5, 5.41) is 0. The van der Waals surface area contributed by atoms with Crippen LogP contribution in [0.5, 0.6) is 11.5 Å². The van der Waals surface area contributed by atoms with Gasteiger partial charge in [0.15, 0.2) is 0 Å². The van der Waals surface area contributed by atoms with E-state index >= 15 is 0 Å². The fraction of sp³-hybridized carbons (Fsp3) is 0.500. The number of nitrogens with zero attached hydrogens (tertiary/aromatic N) is 1. The predicted octanol–water partition coefficient (Wildman–Crippen LogP) is 3.63. The van der Waals surface area contributed by atoms with Crippen molar-refractivity contribution in [2.45, 2.75) is 51.4 Å².